The Hall–Kier alpha value is -3.04. The summed E-state index contributed by atoms with van der Waals surface area (Å²) in [6.07, 6.45) is 2.78. The third-order valence-corrected chi connectivity index (χ3v) is 10.8. The molecule has 2 N–H and O–H groups in total. The van der Waals surface area contributed by atoms with Gasteiger partial charge in [-0.2, -0.15) is 17.8 Å². The van der Waals surface area contributed by atoms with Gasteiger partial charge in [-0.25, -0.2) is 13.2 Å². The van der Waals surface area contributed by atoms with Gasteiger partial charge in [0.1, 0.15) is 16.1 Å². The molecule has 0 unspecified atom stereocenters. The van der Waals surface area contributed by atoms with E-state index >= 15 is 0 Å². The monoisotopic (exact) mass is 689 g/mol. The van der Waals surface area contributed by atoms with Crippen LogP contribution in [0.2, 0.25) is 10.0 Å². The van der Waals surface area contributed by atoms with Gasteiger partial charge in [0.25, 0.3) is 0 Å². The zero-order chi connectivity index (χ0) is 31.6. The third-order valence-electron chi connectivity index (χ3n) is 6.97. The quantitative estimate of drug-likeness (QED) is 0.118. The number of nitrogens with two attached hydrogens (primary N) is 1. The second-order valence-electron chi connectivity index (χ2n) is 10.2. The summed E-state index contributed by atoms with van der Waals surface area (Å²) in [5.74, 6) is -0.434. The van der Waals surface area contributed by atoms with Gasteiger partial charge in [-0.1, -0.05) is 29.3 Å². The third kappa shape index (κ3) is 7.60. The van der Waals surface area contributed by atoms with Crippen molar-refractivity contribution >= 4 is 56.6 Å². The van der Waals surface area contributed by atoms with Gasteiger partial charge in [-0.3, -0.25) is 0 Å². The molecule has 0 amide bonds. The number of anilines is 1. The van der Waals surface area contributed by atoms with E-state index in [0.29, 0.717) is 27.7 Å². The van der Waals surface area contributed by atoms with E-state index in [-0.39, 0.29) is 51.6 Å². The SMILES string of the molecule is Nc1ccc(S(=O)(=O)N2CCS[C@@H]2C(=O)O[C@@H](Cc2c(Cl)c[n+]([O-])cc2Cl)c2ccc(OC(F)F)c(OCC3CC3)c2)cc1. The smallest absolute Gasteiger partial charge is 0.387 e. The largest absolute Gasteiger partial charge is 0.619 e. The normalized spacial score (nSPS) is 17.9. The van der Waals surface area contributed by atoms with Crippen LogP contribution >= 0.6 is 35.0 Å². The van der Waals surface area contributed by atoms with E-state index in [1.165, 1.54) is 42.5 Å². The molecule has 2 heterocycles. The number of hydrogen-bond donors (Lipinski definition) is 1. The molecular formula is C28H27Cl2F2N3O7S2. The lowest BCUT2D eigenvalue weighted by molar-refractivity contribution is -0.605. The first-order valence-corrected chi connectivity index (χ1v) is 16.6. The second kappa shape index (κ2) is 13.5. The van der Waals surface area contributed by atoms with E-state index in [1.54, 1.807) is 0 Å². The van der Waals surface area contributed by atoms with Crippen molar-refractivity contribution in [2.45, 2.75) is 42.2 Å². The summed E-state index contributed by atoms with van der Waals surface area (Å²) in [4.78, 5) is 13.6. The molecule has 16 heteroatoms. The summed E-state index contributed by atoms with van der Waals surface area (Å²) < 4.78 is 71.0. The fraction of sp³-hybridized carbons (Fsp3) is 0.357. The van der Waals surface area contributed by atoms with E-state index in [0.717, 1.165) is 41.3 Å². The molecule has 10 nitrogen and oxygen atoms in total. The van der Waals surface area contributed by atoms with Crippen LogP contribution in [0.3, 0.4) is 0 Å². The first kappa shape index (κ1) is 32.4. The molecule has 1 aromatic heterocycles. The summed E-state index contributed by atoms with van der Waals surface area (Å²) in [5, 5.41) is 10.6. The minimum atomic E-state index is -4.09. The summed E-state index contributed by atoms with van der Waals surface area (Å²) >= 11 is 13.7. The lowest BCUT2D eigenvalue weighted by Gasteiger charge is -2.26. The summed E-state index contributed by atoms with van der Waals surface area (Å²) in [6, 6.07) is 9.71. The molecule has 2 atom stereocenters. The molecule has 2 aliphatic rings. The molecule has 1 saturated carbocycles. The zero-order valence-corrected chi connectivity index (χ0v) is 26.1. The Morgan fingerprint density at radius 1 is 1.11 bits per heavy atom. The van der Waals surface area contributed by atoms with Gasteiger partial charge in [-0.05, 0) is 60.7 Å². The van der Waals surface area contributed by atoms with E-state index in [9.17, 15) is 27.2 Å². The Kier molecular flexibility index (Phi) is 9.95. The number of benzene rings is 2. The van der Waals surface area contributed by atoms with Crippen molar-refractivity contribution in [3.05, 3.63) is 81.2 Å². The van der Waals surface area contributed by atoms with Crippen LogP contribution in [-0.4, -0.2) is 49.6 Å². The van der Waals surface area contributed by atoms with Gasteiger partial charge in [0.15, 0.2) is 29.3 Å². The number of hydrogen-bond acceptors (Lipinski definition) is 9. The number of pyridine rings is 1. The Morgan fingerprint density at radius 2 is 1.80 bits per heavy atom. The zero-order valence-electron chi connectivity index (χ0n) is 22.9. The number of nitrogen functional groups attached to an aromatic ring is 1. The predicted molar refractivity (Wildman–Crippen MR) is 160 cm³/mol. The molecule has 2 fully saturated rings. The van der Waals surface area contributed by atoms with Crippen LogP contribution in [0.1, 0.15) is 30.1 Å². The van der Waals surface area contributed by atoms with Crippen LogP contribution in [0.5, 0.6) is 11.5 Å². The number of nitrogens with zero attached hydrogens (tertiary/aromatic N) is 2. The molecule has 1 saturated heterocycles. The van der Waals surface area contributed by atoms with E-state index in [1.807, 2.05) is 0 Å². The maximum absolute atomic E-state index is 13.7. The Labute approximate surface area is 266 Å². The number of alkyl halides is 2. The first-order chi connectivity index (χ1) is 20.9. The Bertz CT molecular complexity index is 1610. The minimum absolute atomic E-state index is 0.000735. The number of rotatable bonds is 12. The highest BCUT2D eigenvalue weighted by Crippen LogP contribution is 2.39. The van der Waals surface area contributed by atoms with Crippen molar-refractivity contribution in [1.82, 2.24) is 4.31 Å². The highest BCUT2D eigenvalue weighted by molar-refractivity contribution is 8.02. The lowest BCUT2D eigenvalue weighted by atomic mass is 10.0. The molecule has 0 radical (unpaired) electrons. The van der Waals surface area contributed by atoms with Crippen molar-refractivity contribution in [2.24, 2.45) is 5.92 Å². The van der Waals surface area contributed by atoms with Crippen molar-refractivity contribution in [3.8, 4) is 11.5 Å². The van der Waals surface area contributed by atoms with E-state index in [4.69, 9.17) is 38.4 Å². The Morgan fingerprint density at radius 3 is 2.43 bits per heavy atom. The van der Waals surface area contributed by atoms with Crippen molar-refractivity contribution < 1.29 is 40.9 Å². The van der Waals surface area contributed by atoms with Crippen LogP contribution in [0.4, 0.5) is 14.5 Å². The fourth-order valence-electron chi connectivity index (χ4n) is 4.52. The van der Waals surface area contributed by atoms with Crippen LogP contribution in [0.15, 0.2) is 59.8 Å². The molecule has 5 rings (SSSR count). The average Bonchev–Trinajstić information content (AvgIpc) is 3.65. The number of esters is 1. The van der Waals surface area contributed by atoms with Gasteiger partial charge in [0, 0.05) is 30.0 Å². The standard InChI is InChI=1S/C28H27Cl2F2N3O7S2/c29-21-13-34(37)14-22(30)20(21)12-24(17-3-8-23(42-28(31)32)25(11-17)40-15-16-1-2-16)41-27(36)26-35(9-10-43-26)44(38,39)19-6-4-18(33)5-7-19/h3-8,11,13-14,16,24,26,28H,1-2,9-10,12,15,33H2/t24-,26+/m0/s1. The molecule has 0 spiro atoms. The van der Waals surface area contributed by atoms with Gasteiger partial charge < -0.3 is 25.2 Å². The molecule has 2 aromatic carbocycles. The maximum atomic E-state index is 13.7. The first-order valence-electron chi connectivity index (χ1n) is 13.4. The molecule has 236 valence electrons. The summed E-state index contributed by atoms with van der Waals surface area (Å²) in [5.41, 5.74) is 6.67. The molecule has 0 bridgehead atoms. The lowest BCUT2D eigenvalue weighted by Crippen LogP contribution is -2.40. The minimum Gasteiger partial charge on any atom is -0.619 e. The Balaban J connectivity index is 1.47. The van der Waals surface area contributed by atoms with Crippen LogP contribution in [0, 0.1) is 11.1 Å². The van der Waals surface area contributed by atoms with Crippen molar-refractivity contribution in [3.63, 3.8) is 0 Å². The van der Waals surface area contributed by atoms with Crippen LogP contribution in [0.25, 0.3) is 0 Å². The maximum Gasteiger partial charge on any atom is 0.387 e. The van der Waals surface area contributed by atoms with E-state index in [2.05, 4.69) is 4.74 Å². The van der Waals surface area contributed by atoms with E-state index < -0.39 is 34.1 Å². The number of thioether (sulfide) groups is 1. The predicted octanol–water partition coefficient (Wildman–Crippen LogP) is 5.19. The number of halogens is 4. The molecular weight excluding hydrogens is 663 g/mol. The van der Waals surface area contributed by atoms with Crippen molar-refractivity contribution in [1.29, 1.82) is 0 Å². The van der Waals surface area contributed by atoms with Crippen LogP contribution < -0.4 is 19.9 Å². The summed E-state index contributed by atoms with van der Waals surface area (Å²) in [6.45, 7) is -2.77. The number of aromatic nitrogens is 1. The number of sulfonamides is 1. The highest BCUT2D eigenvalue weighted by atomic mass is 35.5. The molecule has 1 aliphatic heterocycles. The number of ether oxygens (including phenoxy) is 3. The summed E-state index contributed by atoms with van der Waals surface area (Å²) in [7, 11) is -4.09. The topological polar surface area (TPSA) is 135 Å². The molecule has 44 heavy (non-hydrogen) atoms. The van der Waals surface area contributed by atoms with Gasteiger partial charge in [-0.15, -0.1) is 11.8 Å². The van der Waals surface area contributed by atoms with Gasteiger partial charge >= 0.3 is 12.6 Å². The molecule has 3 aromatic rings. The molecule has 1 aliphatic carbocycles. The van der Waals surface area contributed by atoms with Gasteiger partial charge in [0.2, 0.25) is 10.0 Å². The van der Waals surface area contributed by atoms with Gasteiger partial charge in [0.05, 0.1) is 11.5 Å². The van der Waals surface area contributed by atoms with Crippen LogP contribution in [-0.2, 0) is 26.0 Å². The highest BCUT2D eigenvalue weighted by Gasteiger charge is 2.42. The second-order valence-corrected chi connectivity index (χ2v) is 14.1. The number of carbonyl (C=O) groups is 1. The number of carbonyl (C=O) groups excluding carboxylic acids is 1. The van der Waals surface area contributed by atoms with Crippen molar-refractivity contribution in [2.75, 3.05) is 24.6 Å². The fourth-order valence-corrected chi connectivity index (χ4v) is 8.17. The average molecular weight is 691 g/mol.